The van der Waals surface area contributed by atoms with E-state index >= 15 is 0 Å². The maximum atomic E-state index is 12.8. The molecule has 0 aliphatic carbocycles. The van der Waals surface area contributed by atoms with Crippen molar-refractivity contribution in [3.05, 3.63) is 85.6 Å². The molecule has 4 rings (SSSR count). The molecule has 1 aliphatic rings. The van der Waals surface area contributed by atoms with Crippen LogP contribution in [0.15, 0.2) is 57.2 Å². The van der Waals surface area contributed by atoms with Crippen LogP contribution in [-0.2, 0) is 4.79 Å². The molecule has 2 N–H and O–H groups in total. The predicted octanol–water partition coefficient (Wildman–Crippen LogP) is 2.94. The summed E-state index contributed by atoms with van der Waals surface area (Å²) in [4.78, 5) is 40.2. The van der Waals surface area contributed by atoms with Gasteiger partial charge in [-0.25, -0.2) is 14.4 Å². The molecule has 0 fully saturated rings. The first-order valence-corrected chi connectivity index (χ1v) is 11.0. The number of nitrogens with one attached hydrogen (secondary N) is 1. The van der Waals surface area contributed by atoms with Crippen molar-refractivity contribution in [2.24, 2.45) is 5.10 Å². The maximum absolute atomic E-state index is 12.8. The Morgan fingerprint density at radius 3 is 2.50 bits per heavy atom. The van der Waals surface area contributed by atoms with Crippen LogP contribution in [0.5, 0.6) is 11.6 Å². The standard InChI is InChI=1S/C25H26N4O5/c1-5-34-21-9-7-6-8-18(21)20-13-19(27-29(20)16(4)30)22-23(31)26-25(33)28(24(22)32)17-11-14(2)10-15(3)12-17/h6-12,20,32H,5,13H2,1-4H3,(H,26,31,33)/t20-/m1/s1. The molecule has 2 heterocycles. The number of benzene rings is 2. The number of hydrogen-bond acceptors (Lipinski definition) is 6. The van der Waals surface area contributed by atoms with Crippen LogP contribution in [0.3, 0.4) is 0 Å². The second kappa shape index (κ2) is 9.01. The number of para-hydroxylation sites is 1. The van der Waals surface area contributed by atoms with Crippen molar-refractivity contribution in [3.8, 4) is 17.3 Å². The van der Waals surface area contributed by atoms with Gasteiger partial charge >= 0.3 is 5.69 Å². The van der Waals surface area contributed by atoms with Crippen LogP contribution in [0.25, 0.3) is 5.69 Å². The molecule has 0 radical (unpaired) electrons. The van der Waals surface area contributed by atoms with Crippen molar-refractivity contribution < 1.29 is 14.6 Å². The highest BCUT2D eigenvalue weighted by Gasteiger charge is 2.36. The molecule has 2 aromatic carbocycles. The number of carbonyl (C=O) groups excluding carboxylic acids is 1. The molecule has 9 heteroatoms. The van der Waals surface area contributed by atoms with Gasteiger partial charge in [0.2, 0.25) is 11.8 Å². The van der Waals surface area contributed by atoms with E-state index in [1.165, 1.54) is 11.9 Å². The van der Waals surface area contributed by atoms with Crippen molar-refractivity contribution >= 4 is 11.6 Å². The summed E-state index contributed by atoms with van der Waals surface area (Å²) >= 11 is 0. The van der Waals surface area contributed by atoms with Crippen molar-refractivity contribution in [2.75, 3.05) is 6.61 Å². The Kier molecular flexibility index (Phi) is 6.10. The van der Waals surface area contributed by atoms with Gasteiger partial charge in [0.15, 0.2) is 0 Å². The molecule has 0 saturated heterocycles. The minimum atomic E-state index is -0.774. The van der Waals surface area contributed by atoms with Gasteiger partial charge in [-0.05, 0) is 50.1 Å². The largest absolute Gasteiger partial charge is 0.494 e. The molecule has 1 amide bonds. The first-order chi connectivity index (χ1) is 16.2. The summed E-state index contributed by atoms with van der Waals surface area (Å²) in [6.07, 6.45) is 0.158. The van der Waals surface area contributed by atoms with Gasteiger partial charge < -0.3 is 9.84 Å². The van der Waals surface area contributed by atoms with Crippen molar-refractivity contribution in [1.82, 2.24) is 14.6 Å². The normalized spacial score (nSPS) is 15.4. The second-order valence-electron chi connectivity index (χ2n) is 8.24. The number of aryl methyl sites for hydroxylation is 2. The monoisotopic (exact) mass is 462 g/mol. The highest BCUT2D eigenvalue weighted by Crippen LogP contribution is 2.38. The van der Waals surface area contributed by atoms with Gasteiger partial charge in [-0.15, -0.1) is 0 Å². The van der Waals surface area contributed by atoms with E-state index in [0.29, 0.717) is 18.0 Å². The van der Waals surface area contributed by atoms with Crippen LogP contribution >= 0.6 is 0 Å². The molecule has 1 aliphatic heterocycles. The first-order valence-electron chi connectivity index (χ1n) is 11.0. The molecule has 1 aromatic heterocycles. The molecule has 34 heavy (non-hydrogen) atoms. The molecule has 3 aromatic rings. The van der Waals surface area contributed by atoms with E-state index in [1.54, 1.807) is 18.2 Å². The van der Waals surface area contributed by atoms with Gasteiger partial charge in [0.1, 0.15) is 11.3 Å². The van der Waals surface area contributed by atoms with E-state index in [1.807, 2.05) is 45.0 Å². The van der Waals surface area contributed by atoms with Crippen molar-refractivity contribution in [3.63, 3.8) is 0 Å². The predicted molar refractivity (Wildman–Crippen MR) is 128 cm³/mol. The molecular weight excluding hydrogens is 436 g/mol. The lowest BCUT2D eigenvalue weighted by atomic mass is 9.98. The third kappa shape index (κ3) is 4.12. The fourth-order valence-electron chi connectivity index (χ4n) is 4.34. The van der Waals surface area contributed by atoms with E-state index in [-0.39, 0.29) is 23.6 Å². The summed E-state index contributed by atoms with van der Waals surface area (Å²) in [6.45, 7) is 7.43. The van der Waals surface area contributed by atoms with Gasteiger partial charge in [0.05, 0.1) is 24.0 Å². The molecule has 9 nitrogen and oxygen atoms in total. The van der Waals surface area contributed by atoms with Crippen molar-refractivity contribution in [2.45, 2.75) is 40.2 Å². The van der Waals surface area contributed by atoms with Gasteiger partial charge in [-0.1, -0.05) is 24.3 Å². The summed E-state index contributed by atoms with van der Waals surface area (Å²) in [6, 6.07) is 12.2. The zero-order valence-corrected chi connectivity index (χ0v) is 19.5. The quantitative estimate of drug-likeness (QED) is 0.605. The van der Waals surface area contributed by atoms with E-state index in [0.717, 1.165) is 21.3 Å². The van der Waals surface area contributed by atoms with Gasteiger partial charge in [-0.2, -0.15) is 5.10 Å². The number of nitrogens with zero attached hydrogens (tertiary/aromatic N) is 3. The van der Waals surface area contributed by atoms with Gasteiger partial charge in [0, 0.05) is 18.9 Å². The summed E-state index contributed by atoms with van der Waals surface area (Å²) in [5.41, 5.74) is 1.44. The third-order valence-electron chi connectivity index (χ3n) is 5.65. The Morgan fingerprint density at radius 1 is 1.18 bits per heavy atom. The number of aromatic hydroxyl groups is 1. The van der Waals surface area contributed by atoms with Gasteiger partial charge in [-0.3, -0.25) is 14.6 Å². The molecule has 0 bridgehead atoms. The maximum Gasteiger partial charge on any atom is 0.335 e. The van der Waals surface area contributed by atoms with E-state index in [9.17, 15) is 19.5 Å². The number of amides is 1. The van der Waals surface area contributed by atoms with E-state index in [2.05, 4.69) is 10.1 Å². The first kappa shape index (κ1) is 23.0. The highest BCUT2D eigenvalue weighted by atomic mass is 16.5. The molecule has 0 saturated carbocycles. The number of hydrogen-bond donors (Lipinski definition) is 2. The second-order valence-corrected chi connectivity index (χ2v) is 8.24. The van der Waals surface area contributed by atoms with Crippen LogP contribution in [0, 0.1) is 13.8 Å². The van der Waals surface area contributed by atoms with Crippen LogP contribution in [0.4, 0.5) is 0 Å². The molecule has 1 atom stereocenters. The summed E-state index contributed by atoms with van der Waals surface area (Å²) in [5, 5.41) is 16.8. The number of aromatic nitrogens is 2. The fourth-order valence-corrected chi connectivity index (χ4v) is 4.34. The number of rotatable bonds is 5. The smallest absolute Gasteiger partial charge is 0.335 e. The Morgan fingerprint density at radius 2 is 1.85 bits per heavy atom. The van der Waals surface area contributed by atoms with Crippen LogP contribution < -0.4 is 16.0 Å². The number of H-pyrrole nitrogens is 1. The minimum absolute atomic E-state index is 0.151. The van der Waals surface area contributed by atoms with E-state index in [4.69, 9.17) is 4.74 Å². The van der Waals surface area contributed by atoms with Gasteiger partial charge in [0.25, 0.3) is 5.56 Å². The molecule has 0 unspecified atom stereocenters. The number of ether oxygens (including phenoxy) is 1. The third-order valence-corrected chi connectivity index (χ3v) is 5.65. The SMILES string of the molecule is CCOc1ccccc1[C@H]1CC(c2c(O)n(-c3cc(C)cc(C)c3)c(=O)[nH]c2=O)=NN1C(C)=O. The topological polar surface area (TPSA) is 117 Å². The zero-order valence-electron chi connectivity index (χ0n) is 19.5. The van der Waals surface area contributed by atoms with E-state index < -0.39 is 23.2 Å². The Hall–Kier alpha value is -4.14. The Labute approximate surface area is 195 Å². The molecule has 0 spiro atoms. The number of carbonyl (C=O) groups is 1. The lowest BCUT2D eigenvalue weighted by Gasteiger charge is -2.22. The highest BCUT2D eigenvalue weighted by molar-refractivity contribution is 6.04. The number of aromatic amines is 1. The lowest BCUT2D eigenvalue weighted by molar-refractivity contribution is -0.130. The Balaban J connectivity index is 1.85. The fraction of sp³-hybridized carbons (Fsp3) is 0.280. The van der Waals surface area contributed by atoms with Crippen molar-refractivity contribution in [1.29, 1.82) is 0 Å². The summed E-state index contributed by atoms with van der Waals surface area (Å²) in [5.74, 6) is -0.249. The zero-order chi connectivity index (χ0) is 24.6. The summed E-state index contributed by atoms with van der Waals surface area (Å²) < 4.78 is 6.77. The van der Waals surface area contributed by atoms with Crippen LogP contribution in [-0.4, -0.2) is 37.9 Å². The average molecular weight is 463 g/mol. The van der Waals surface area contributed by atoms with Crippen LogP contribution in [0.1, 0.15) is 48.6 Å². The number of hydrazone groups is 1. The average Bonchev–Trinajstić information content (AvgIpc) is 3.18. The molecule has 176 valence electrons. The lowest BCUT2D eigenvalue weighted by Crippen LogP contribution is -2.33. The van der Waals surface area contributed by atoms with Crippen LogP contribution in [0.2, 0.25) is 0 Å². The summed E-state index contributed by atoms with van der Waals surface area (Å²) in [7, 11) is 0. The molecular formula is C25H26N4O5. The minimum Gasteiger partial charge on any atom is -0.494 e. The Bertz CT molecular complexity index is 1400.